The van der Waals surface area contributed by atoms with Crippen molar-refractivity contribution in [3.05, 3.63) is 64.2 Å². The summed E-state index contributed by atoms with van der Waals surface area (Å²) < 4.78 is 17.4. The van der Waals surface area contributed by atoms with Crippen LogP contribution in [0.2, 0.25) is 0 Å². The number of carbonyl (C=O) groups excluding carboxylic acids is 3. The maximum absolute atomic E-state index is 13.7. The SMILES string of the molecule is C=CCN[C@H]1C[C@H](O[C@H]2C[C@](O)(C(C)=O)Cc3c(O)c4c(c(O)c32)C(=O)c2c(OC)cccc2C4=O)O[C@@H](C)[C@H]1O. The van der Waals surface area contributed by atoms with E-state index >= 15 is 0 Å². The third-order valence-corrected chi connectivity index (χ3v) is 8.28. The fraction of sp³-hybridized carbons (Fsp3) is 0.433. The number of phenolic OH excluding ortho intramolecular Hbond substituents is 2. The molecule has 5 rings (SSSR count). The van der Waals surface area contributed by atoms with E-state index in [2.05, 4.69) is 11.9 Å². The zero-order chi connectivity index (χ0) is 29.8. The van der Waals surface area contributed by atoms with Gasteiger partial charge in [-0.3, -0.25) is 14.4 Å². The van der Waals surface area contributed by atoms with Crippen molar-refractivity contribution in [1.29, 1.82) is 0 Å². The Balaban J connectivity index is 1.63. The third kappa shape index (κ3) is 4.63. The second-order valence-electron chi connectivity index (χ2n) is 10.8. The first-order valence-electron chi connectivity index (χ1n) is 13.4. The standard InChI is InChI=1S/C30H33NO10/c1-5-9-31-17-10-20(40-13(2)25(17)33)41-19-12-30(38,14(3)32)11-16-22(19)29(37)24-23(27(16)35)26(34)15-7-6-8-18(39-4)21(15)28(24)36/h5-8,13,17,19-20,25,31,33,35,37-38H,1,9-12H2,2-4H3/t13-,17-,19-,20-,25+,30-/m0/s1. The molecule has 0 unspecified atom stereocenters. The van der Waals surface area contributed by atoms with Crippen LogP contribution in [0.25, 0.3) is 0 Å². The summed E-state index contributed by atoms with van der Waals surface area (Å²) in [4.78, 5) is 39.9. The summed E-state index contributed by atoms with van der Waals surface area (Å²) in [5.74, 6) is -3.14. The fourth-order valence-corrected chi connectivity index (χ4v) is 6.06. The summed E-state index contributed by atoms with van der Waals surface area (Å²) >= 11 is 0. The number of hydrogen-bond donors (Lipinski definition) is 5. The van der Waals surface area contributed by atoms with Crippen molar-refractivity contribution in [2.24, 2.45) is 0 Å². The van der Waals surface area contributed by atoms with Gasteiger partial charge in [-0.25, -0.2) is 0 Å². The first-order chi connectivity index (χ1) is 19.4. The van der Waals surface area contributed by atoms with Gasteiger partial charge in [-0.05, 0) is 19.9 Å². The highest BCUT2D eigenvalue weighted by Crippen LogP contribution is 2.52. The molecular formula is C30H33NO10. The van der Waals surface area contributed by atoms with E-state index in [9.17, 15) is 34.8 Å². The summed E-state index contributed by atoms with van der Waals surface area (Å²) in [5.41, 5.74) is -2.99. The van der Waals surface area contributed by atoms with Crippen molar-refractivity contribution in [3.63, 3.8) is 0 Å². The highest BCUT2D eigenvalue weighted by atomic mass is 16.7. The quantitative estimate of drug-likeness (QED) is 0.208. The summed E-state index contributed by atoms with van der Waals surface area (Å²) in [6.07, 6.45) is -2.61. The number of hydrogen-bond acceptors (Lipinski definition) is 11. The smallest absolute Gasteiger partial charge is 0.202 e. The molecule has 41 heavy (non-hydrogen) atoms. The van der Waals surface area contributed by atoms with E-state index in [0.717, 1.165) is 0 Å². The number of aliphatic hydroxyl groups excluding tert-OH is 1. The Labute approximate surface area is 236 Å². The predicted molar refractivity (Wildman–Crippen MR) is 144 cm³/mol. The predicted octanol–water partition coefficient (Wildman–Crippen LogP) is 1.85. The van der Waals surface area contributed by atoms with E-state index in [0.29, 0.717) is 6.54 Å². The molecule has 1 fully saturated rings. The lowest BCUT2D eigenvalue weighted by atomic mass is 9.72. The number of benzene rings is 2. The number of nitrogens with one attached hydrogen (secondary N) is 1. The Bertz CT molecular complexity index is 1450. The number of ketones is 3. The van der Waals surface area contributed by atoms with Crippen molar-refractivity contribution < 1.29 is 49.0 Å². The first kappa shape index (κ1) is 28.9. The molecule has 11 nitrogen and oxygen atoms in total. The first-order valence-corrected chi connectivity index (χ1v) is 13.4. The summed E-state index contributed by atoms with van der Waals surface area (Å²) in [6.45, 7) is 6.95. The van der Waals surface area contributed by atoms with Crippen LogP contribution in [0.5, 0.6) is 17.2 Å². The van der Waals surface area contributed by atoms with Crippen LogP contribution in [0, 0.1) is 0 Å². The minimum Gasteiger partial charge on any atom is -0.507 e. The van der Waals surface area contributed by atoms with Crippen molar-refractivity contribution in [1.82, 2.24) is 5.32 Å². The fourth-order valence-electron chi connectivity index (χ4n) is 6.06. The lowest BCUT2D eigenvalue weighted by molar-refractivity contribution is -0.249. The van der Waals surface area contributed by atoms with Crippen molar-refractivity contribution in [2.45, 2.75) is 69.4 Å². The van der Waals surface area contributed by atoms with E-state index < -0.39 is 82.6 Å². The van der Waals surface area contributed by atoms with Gasteiger partial charge in [0, 0.05) is 48.5 Å². The molecule has 0 spiro atoms. The molecule has 0 saturated carbocycles. The Morgan fingerprint density at radius 1 is 1.20 bits per heavy atom. The van der Waals surface area contributed by atoms with Gasteiger partial charge in [0.1, 0.15) is 22.8 Å². The van der Waals surface area contributed by atoms with Crippen molar-refractivity contribution in [2.75, 3.05) is 13.7 Å². The van der Waals surface area contributed by atoms with Gasteiger partial charge < -0.3 is 40.0 Å². The lowest BCUT2D eigenvalue weighted by Gasteiger charge is -2.42. The Kier molecular flexibility index (Phi) is 7.51. The maximum atomic E-state index is 13.7. The van der Waals surface area contributed by atoms with Gasteiger partial charge in [-0.1, -0.05) is 18.2 Å². The van der Waals surface area contributed by atoms with E-state index in [-0.39, 0.29) is 40.8 Å². The van der Waals surface area contributed by atoms with Gasteiger partial charge in [0.05, 0.1) is 42.1 Å². The summed E-state index contributed by atoms with van der Waals surface area (Å²) in [5, 5.41) is 48.1. The van der Waals surface area contributed by atoms with Crippen LogP contribution >= 0.6 is 0 Å². The minimum absolute atomic E-state index is 0.0110. The average Bonchev–Trinajstić information content (AvgIpc) is 2.93. The van der Waals surface area contributed by atoms with Crippen LogP contribution in [0.15, 0.2) is 30.9 Å². The molecular weight excluding hydrogens is 534 g/mol. The highest BCUT2D eigenvalue weighted by molar-refractivity contribution is 6.31. The summed E-state index contributed by atoms with van der Waals surface area (Å²) in [7, 11) is 1.35. The molecule has 2 aromatic rings. The normalized spacial score (nSPS) is 28.9. The molecule has 0 radical (unpaired) electrons. The topological polar surface area (TPSA) is 172 Å². The largest absolute Gasteiger partial charge is 0.507 e. The van der Waals surface area contributed by atoms with Crippen molar-refractivity contribution in [3.8, 4) is 17.2 Å². The molecule has 2 aliphatic carbocycles. The van der Waals surface area contributed by atoms with E-state index in [1.165, 1.54) is 32.2 Å². The molecule has 1 heterocycles. The number of fused-ring (bicyclic) bond motifs is 3. The zero-order valence-corrected chi connectivity index (χ0v) is 23.0. The molecule has 6 atom stereocenters. The molecule has 0 bridgehead atoms. The van der Waals surface area contributed by atoms with Crippen LogP contribution in [0.4, 0.5) is 0 Å². The molecule has 3 aliphatic rings. The average molecular weight is 568 g/mol. The van der Waals surface area contributed by atoms with Crippen LogP contribution in [-0.4, -0.2) is 81.6 Å². The lowest BCUT2D eigenvalue weighted by Crippen LogP contribution is -2.54. The Morgan fingerprint density at radius 3 is 2.56 bits per heavy atom. The van der Waals surface area contributed by atoms with Gasteiger partial charge >= 0.3 is 0 Å². The van der Waals surface area contributed by atoms with Gasteiger partial charge in [0.25, 0.3) is 0 Å². The molecule has 1 saturated heterocycles. The second-order valence-corrected chi connectivity index (χ2v) is 10.8. The molecule has 0 amide bonds. The van der Waals surface area contributed by atoms with Gasteiger partial charge in [-0.15, -0.1) is 6.58 Å². The van der Waals surface area contributed by atoms with Crippen LogP contribution in [-0.2, 0) is 20.7 Å². The number of ether oxygens (including phenoxy) is 3. The molecule has 2 aromatic carbocycles. The van der Waals surface area contributed by atoms with Gasteiger partial charge in [0.15, 0.2) is 17.9 Å². The number of aromatic hydroxyl groups is 2. The molecule has 0 aromatic heterocycles. The summed E-state index contributed by atoms with van der Waals surface area (Å²) in [6, 6.07) is 4.02. The van der Waals surface area contributed by atoms with E-state index in [1.54, 1.807) is 13.0 Å². The second kappa shape index (κ2) is 10.7. The molecule has 11 heteroatoms. The monoisotopic (exact) mass is 567 g/mol. The molecule has 218 valence electrons. The zero-order valence-electron chi connectivity index (χ0n) is 23.0. The molecule has 1 aliphatic heterocycles. The number of rotatable bonds is 7. The number of carbonyl (C=O) groups is 3. The minimum atomic E-state index is -2.00. The Morgan fingerprint density at radius 2 is 1.90 bits per heavy atom. The maximum Gasteiger partial charge on any atom is 0.202 e. The molecule has 5 N–H and O–H groups in total. The van der Waals surface area contributed by atoms with Gasteiger partial charge in [-0.2, -0.15) is 0 Å². The number of Topliss-reactive ketones (excluding diaryl/α,β-unsaturated/α-hetero) is 1. The van der Waals surface area contributed by atoms with Crippen LogP contribution in [0.3, 0.4) is 0 Å². The van der Waals surface area contributed by atoms with E-state index in [1.807, 2.05) is 0 Å². The van der Waals surface area contributed by atoms with Crippen molar-refractivity contribution >= 4 is 17.3 Å². The number of methoxy groups -OCH3 is 1. The van der Waals surface area contributed by atoms with Crippen LogP contribution < -0.4 is 10.1 Å². The van der Waals surface area contributed by atoms with E-state index in [4.69, 9.17) is 14.2 Å². The third-order valence-electron chi connectivity index (χ3n) is 8.28. The van der Waals surface area contributed by atoms with Gasteiger partial charge in [0.2, 0.25) is 5.78 Å². The highest BCUT2D eigenvalue weighted by Gasteiger charge is 2.49. The van der Waals surface area contributed by atoms with Crippen LogP contribution in [0.1, 0.15) is 75.8 Å². The number of aliphatic hydroxyl groups is 2. The number of phenols is 2. The Hall–Kier alpha value is -3.61.